The number of methoxy groups -OCH3 is 1. The van der Waals surface area contributed by atoms with Crippen LogP contribution in [0.2, 0.25) is 0 Å². The van der Waals surface area contributed by atoms with Crippen LogP contribution in [0, 0.1) is 23.0 Å². The minimum Gasteiger partial charge on any atom is -0.495 e. The summed E-state index contributed by atoms with van der Waals surface area (Å²) in [4.78, 5) is 23.2. The molecule has 3 rings (SSSR count). The number of nitrogens with one attached hydrogen (secondary N) is 1. The highest BCUT2D eigenvalue weighted by Crippen LogP contribution is 2.30. The Hall–Kier alpha value is -2.98. The van der Waals surface area contributed by atoms with Gasteiger partial charge in [0.05, 0.1) is 23.5 Å². The minimum atomic E-state index is -3.48. The molecule has 9 nitrogen and oxygen atoms in total. The van der Waals surface area contributed by atoms with Gasteiger partial charge in [-0.25, -0.2) is 12.7 Å². The van der Waals surface area contributed by atoms with Gasteiger partial charge in [0.2, 0.25) is 15.9 Å². The van der Waals surface area contributed by atoms with E-state index in [1.165, 1.54) is 29.6 Å². The van der Waals surface area contributed by atoms with Gasteiger partial charge in [-0.2, -0.15) is 0 Å². The van der Waals surface area contributed by atoms with E-state index < -0.39 is 20.9 Å². The molecule has 0 unspecified atom stereocenters. The van der Waals surface area contributed by atoms with Gasteiger partial charge >= 0.3 is 0 Å². The van der Waals surface area contributed by atoms with Gasteiger partial charge in [0, 0.05) is 31.1 Å². The molecule has 0 radical (unpaired) electrons. The zero-order valence-corrected chi connectivity index (χ0v) is 18.2. The van der Waals surface area contributed by atoms with E-state index in [2.05, 4.69) is 5.32 Å². The molecule has 0 spiro atoms. The number of nitrogens with zero attached hydrogens (tertiary/aromatic N) is 2. The Balaban J connectivity index is 1.62. The first kappa shape index (κ1) is 22.7. The normalized spacial score (nSPS) is 15.4. The molecule has 0 aromatic heterocycles. The molecule has 31 heavy (non-hydrogen) atoms. The number of hydrogen-bond donors (Lipinski definition) is 1. The van der Waals surface area contributed by atoms with Crippen LogP contribution in [0.4, 0.5) is 11.4 Å². The van der Waals surface area contributed by atoms with Crippen LogP contribution in [0.5, 0.6) is 5.75 Å². The van der Waals surface area contributed by atoms with E-state index in [-0.39, 0.29) is 36.1 Å². The van der Waals surface area contributed by atoms with E-state index >= 15 is 0 Å². The van der Waals surface area contributed by atoms with Crippen molar-refractivity contribution in [1.82, 2.24) is 4.31 Å². The Labute approximate surface area is 181 Å². The van der Waals surface area contributed by atoms with Crippen molar-refractivity contribution in [2.24, 2.45) is 5.92 Å². The van der Waals surface area contributed by atoms with Crippen molar-refractivity contribution in [2.75, 3.05) is 25.5 Å². The maximum absolute atomic E-state index is 12.8. The smallest absolute Gasteiger partial charge is 0.271 e. The fraction of sp³-hybridized carbons (Fsp3) is 0.381. The van der Waals surface area contributed by atoms with Crippen LogP contribution in [0.1, 0.15) is 24.0 Å². The van der Waals surface area contributed by atoms with Gasteiger partial charge in [-0.15, -0.1) is 0 Å². The molecule has 2 aromatic rings. The van der Waals surface area contributed by atoms with Gasteiger partial charge in [0.1, 0.15) is 5.75 Å². The van der Waals surface area contributed by atoms with Crippen molar-refractivity contribution in [1.29, 1.82) is 0 Å². The lowest BCUT2D eigenvalue weighted by Crippen LogP contribution is -2.41. The summed E-state index contributed by atoms with van der Waals surface area (Å²) in [7, 11) is -2.07. The van der Waals surface area contributed by atoms with E-state index in [1.807, 2.05) is 25.1 Å². The fourth-order valence-electron chi connectivity index (χ4n) is 3.64. The lowest BCUT2D eigenvalue weighted by molar-refractivity contribution is -0.384. The highest BCUT2D eigenvalue weighted by atomic mass is 32.2. The van der Waals surface area contributed by atoms with Gasteiger partial charge < -0.3 is 10.1 Å². The first-order valence-corrected chi connectivity index (χ1v) is 11.5. The summed E-state index contributed by atoms with van der Waals surface area (Å²) in [6.07, 6.45) is 0.742. The van der Waals surface area contributed by atoms with Crippen molar-refractivity contribution in [3.63, 3.8) is 0 Å². The SMILES string of the molecule is COc1ccc([N+](=O)[O-])cc1NC(=O)C1CCN(S(=O)(=O)Cc2cccc(C)c2)CC1. The molecule has 0 aliphatic carbocycles. The molecule has 0 saturated carbocycles. The quantitative estimate of drug-likeness (QED) is 0.515. The van der Waals surface area contributed by atoms with Gasteiger partial charge in [-0.05, 0) is 31.4 Å². The van der Waals surface area contributed by atoms with E-state index in [1.54, 1.807) is 6.07 Å². The first-order valence-electron chi connectivity index (χ1n) is 9.86. The monoisotopic (exact) mass is 447 g/mol. The van der Waals surface area contributed by atoms with E-state index in [4.69, 9.17) is 4.74 Å². The maximum atomic E-state index is 12.8. The average molecular weight is 448 g/mol. The number of nitro groups is 1. The molecular formula is C21H25N3O6S. The first-order chi connectivity index (χ1) is 14.7. The third kappa shape index (κ3) is 5.59. The molecule has 0 atom stereocenters. The van der Waals surface area contributed by atoms with Gasteiger partial charge in [0.15, 0.2) is 0 Å². The lowest BCUT2D eigenvalue weighted by Gasteiger charge is -2.30. The second kappa shape index (κ2) is 9.44. The number of piperidine rings is 1. The zero-order chi connectivity index (χ0) is 22.6. The van der Waals surface area contributed by atoms with Gasteiger partial charge in [-0.1, -0.05) is 29.8 Å². The molecule has 0 bridgehead atoms. The Bertz CT molecular complexity index is 1080. The molecule has 1 heterocycles. The molecule has 166 valence electrons. The number of hydrogen-bond acceptors (Lipinski definition) is 6. The summed E-state index contributed by atoms with van der Waals surface area (Å²) >= 11 is 0. The molecule has 1 aliphatic rings. The molecule has 2 aromatic carbocycles. The number of benzene rings is 2. The van der Waals surface area contributed by atoms with Crippen LogP contribution in [0.3, 0.4) is 0 Å². The molecule has 1 N–H and O–H groups in total. The fourth-order valence-corrected chi connectivity index (χ4v) is 5.19. The van der Waals surface area contributed by atoms with Gasteiger partial charge in [-0.3, -0.25) is 14.9 Å². The summed E-state index contributed by atoms with van der Waals surface area (Å²) < 4.78 is 32.1. The third-order valence-corrected chi connectivity index (χ3v) is 7.15. The number of non-ortho nitro benzene ring substituents is 1. The van der Waals surface area contributed by atoms with Crippen LogP contribution in [0.15, 0.2) is 42.5 Å². The number of rotatable bonds is 7. The predicted octanol–water partition coefficient (Wildman–Crippen LogP) is 3.09. The van der Waals surface area contributed by atoms with E-state index in [0.29, 0.717) is 18.6 Å². The minimum absolute atomic E-state index is 0.0730. The average Bonchev–Trinajstić information content (AvgIpc) is 2.73. The van der Waals surface area contributed by atoms with Crippen molar-refractivity contribution >= 4 is 27.3 Å². The maximum Gasteiger partial charge on any atom is 0.271 e. The van der Waals surface area contributed by atoms with E-state index in [9.17, 15) is 23.3 Å². The van der Waals surface area contributed by atoms with E-state index in [0.717, 1.165) is 11.1 Å². The topological polar surface area (TPSA) is 119 Å². The number of aryl methyl sites for hydroxylation is 1. The number of amides is 1. The highest BCUT2D eigenvalue weighted by molar-refractivity contribution is 7.88. The molecule has 1 saturated heterocycles. The summed E-state index contributed by atoms with van der Waals surface area (Å²) in [5.74, 6) is -0.461. The number of ether oxygens (including phenoxy) is 1. The summed E-state index contributed by atoms with van der Waals surface area (Å²) in [5, 5.41) is 13.7. The second-order valence-electron chi connectivity index (χ2n) is 7.55. The summed E-state index contributed by atoms with van der Waals surface area (Å²) in [5.41, 5.74) is 1.79. The number of anilines is 1. The standard InChI is InChI=1S/C21H25N3O6S/c1-15-4-3-5-16(12-15)14-31(28,29)23-10-8-17(9-11-23)21(25)22-19-13-18(24(26)27)6-7-20(19)30-2/h3-7,12-13,17H,8-11,14H2,1-2H3,(H,22,25). The number of carbonyl (C=O) groups is 1. The Morgan fingerprint density at radius 2 is 1.94 bits per heavy atom. The molecular weight excluding hydrogens is 422 g/mol. The molecule has 1 fully saturated rings. The Morgan fingerprint density at radius 1 is 1.23 bits per heavy atom. The second-order valence-corrected chi connectivity index (χ2v) is 9.52. The van der Waals surface area contributed by atoms with Crippen LogP contribution in [-0.2, 0) is 20.6 Å². The number of sulfonamides is 1. The summed E-state index contributed by atoms with van der Waals surface area (Å²) in [6.45, 7) is 2.41. The lowest BCUT2D eigenvalue weighted by atomic mass is 9.97. The molecule has 10 heteroatoms. The number of carbonyl (C=O) groups excluding carboxylic acids is 1. The van der Waals surface area contributed by atoms with Crippen LogP contribution < -0.4 is 10.1 Å². The Morgan fingerprint density at radius 3 is 2.55 bits per heavy atom. The molecule has 1 aliphatic heterocycles. The third-order valence-electron chi connectivity index (χ3n) is 5.30. The van der Waals surface area contributed by atoms with Crippen LogP contribution >= 0.6 is 0 Å². The highest BCUT2D eigenvalue weighted by Gasteiger charge is 2.31. The van der Waals surface area contributed by atoms with Crippen molar-refractivity contribution in [3.05, 3.63) is 63.7 Å². The summed E-state index contributed by atoms with van der Waals surface area (Å²) in [6, 6.07) is 11.4. The van der Waals surface area contributed by atoms with Crippen molar-refractivity contribution < 1.29 is 22.9 Å². The largest absolute Gasteiger partial charge is 0.495 e. The Kier molecular flexibility index (Phi) is 6.91. The number of nitro benzene ring substituents is 1. The van der Waals surface area contributed by atoms with Gasteiger partial charge in [0.25, 0.3) is 5.69 Å². The van der Waals surface area contributed by atoms with Crippen LogP contribution in [-0.4, -0.2) is 43.8 Å². The van der Waals surface area contributed by atoms with Crippen molar-refractivity contribution in [2.45, 2.75) is 25.5 Å². The zero-order valence-electron chi connectivity index (χ0n) is 17.4. The van der Waals surface area contributed by atoms with Crippen molar-refractivity contribution in [3.8, 4) is 5.75 Å². The molecule has 1 amide bonds. The van der Waals surface area contributed by atoms with Crippen LogP contribution in [0.25, 0.3) is 0 Å². The predicted molar refractivity (Wildman–Crippen MR) is 116 cm³/mol.